The van der Waals surface area contributed by atoms with Gasteiger partial charge in [-0.1, -0.05) is 23.2 Å². The minimum absolute atomic E-state index is 0.0113. The first-order valence-corrected chi connectivity index (χ1v) is 6.20. The Hall–Kier alpha value is -0.350. The third-order valence-electron chi connectivity index (χ3n) is 3.37. The van der Waals surface area contributed by atoms with Gasteiger partial charge in [0.05, 0.1) is 11.6 Å². The summed E-state index contributed by atoms with van der Waals surface area (Å²) in [6.45, 7) is 3.11. The molecule has 0 aromatic heterocycles. The van der Waals surface area contributed by atoms with Crippen LogP contribution >= 0.6 is 23.2 Å². The molecule has 1 fully saturated rings. The fourth-order valence-electron chi connectivity index (χ4n) is 2.16. The first-order chi connectivity index (χ1) is 7.93. The lowest BCUT2D eigenvalue weighted by Gasteiger charge is -2.32. The van der Waals surface area contributed by atoms with E-state index in [9.17, 15) is 4.39 Å². The molecule has 94 valence electrons. The molecule has 2 N–H and O–H groups in total. The van der Waals surface area contributed by atoms with Gasteiger partial charge in [0, 0.05) is 23.1 Å². The van der Waals surface area contributed by atoms with Gasteiger partial charge in [0.25, 0.3) is 0 Å². The van der Waals surface area contributed by atoms with Crippen molar-refractivity contribution in [2.45, 2.75) is 18.9 Å². The van der Waals surface area contributed by atoms with Crippen molar-refractivity contribution in [3.63, 3.8) is 0 Å². The Balaban J connectivity index is 2.41. The number of hydrogen-bond donors (Lipinski definition) is 1. The van der Waals surface area contributed by atoms with Gasteiger partial charge in [0.2, 0.25) is 0 Å². The summed E-state index contributed by atoms with van der Waals surface area (Å²) < 4.78 is 18.8. The van der Waals surface area contributed by atoms with Gasteiger partial charge in [-0.2, -0.15) is 0 Å². The normalized spacial score (nSPS) is 23.7. The zero-order valence-corrected chi connectivity index (χ0v) is 11.0. The van der Waals surface area contributed by atoms with Gasteiger partial charge in [-0.3, -0.25) is 0 Å². The van der Waals surface area contributed by atoms with Crippen LogP contribution in [0, 0.1) is 11.7 Å². The molecule has 1 saturated heterocycles. The molecule has 1 heterocycles. The van der Waals surface area contributed by atoms with Crippen molar-refractivity contribution in [3.8, 4) is 0 Å². The maximum Gasteiger partial charge on any atom is 0.142 e. The largest absolute Gasteiger partial charge is 0.381 e. The lowest BCUT2D eigenvalue weighted by atomic mass is 9.80. The first-order valence-electron chi connectivity index (χ1n) is 5.44. The second-order valence-electron chi connectivity index (χ2n) is 4.59. The smallest absolute Gasteiger partial charge is 0.142 e. The Labute approximate surface area is 110 Å². The van der Waals surface area contributed by atoms with E-state index in [2.05, 4.69) is 0 Å². The second-order valence-corrected chi connectivity index (χ2v) is 5.40. The average molecular weight is 278 g/mol. The molecular weight excluding hydrogens is 264 g/mol. The molecule has 0 saturated carbocycles. The van der Waals surface area contributed by atoms with E-state index < -0.39 is 11.4 Å². The molecule has 0 aliphatic carbocycles. The Morgan fingerprint density at radius 2 is 2.12 bits per heavy atom. The lowest BCUT2D eigenvalue weighted by Crippen LogP contribution is -2.42. The van der Waals surface area contributed by atoms with Crippen LogP contribution in [-0.2, 0) is 10.3 Å². The first kappa shape index (κ1) is 13.1. The third-order valence-corrected chi connectivity index (χ3v) is 3.97. The minimum atomic E-state index is -0.709. The van der Waals surface area contributed by atoms with Crippen LogP contribution in [-0.4, -0.2) is 13.2 Å². The van der Waals surface area contributed by atoms with Crippen LogP contribution in [0.4, 0.5) is 4.39 Å². The molecule has 1 aliphatic rings. The molecule has 0 spiro atoms. The monoisotopic (exact) mass is 277 g/mol. The molecule has 1 aromatic rings. The Morgan fingerprint density at radius 3 is 2.71 bits per heavy atom. The highest BCUT2D eigenvalue weighted by molar-refractivity contribution is 6.35. The van der Waals surface area contributed by atoms with Crippen LogP contribution in [0.3, 0.4) is 0 Å². The van der Waals surface area contributed by atoms with Gasteiger partial charge in [0.15, 0.2) is 0 Å². The Bertz CT molecular complexity index is 431. The van der Waals surface area contributed by atoms with E-state index in [1.165, 1.54) is 12.1 Å². The fourth-order valence-corrected chi connectivity index (χ4v) is 2.75. The molecule has 2 unspecified atom stereocenters. The predicted octanol–water partition coefficient (Wildman–Crippen LogP) is 3.34. The fraction of sp³-hybridized carbons (Fsp3) is 0.500. The van der Waals surface area contributed by atoms with Crippen molar-refractivity contribution < 1.29 is 9.13 Å². The van der Waals surface area contributed by atoms with E-state index in [0.29, 0.717) is 23.8 Å². The highest BCUT2D eigenvalue weighted by Gasteiger charge is 2.36. The summed E-state index contributed by atoms with van der Waals surface area (Å²) in [5, 5.41) is 0.408. The number of ether oxygens (including phenoxy) is 1. The summed E-state index contributed by atoms with van der Waals surface area (Å²) in [7, 11) is 0. The average Bonchev–Trinajstić information content (AvgIpc) is 2.77. The summed E-state index contributed by atoms with van der Waals surface area (Å²) >= 11 is 11.8. The van der Waals surface area contributed by atoms with Crippen LogP contribution < -0.4 is 5.73 Å². The molecule has 1 aliphatic heterocycles. The molecule has 2 nitrogen and oxygen atoms in total. The summed E-state index contributed by atoms with van der Waals surface area (Å²) in [6.07, 6.45) is 0.855. The van der Waals surface area contributed by atoms with Crippen LogP contribution in [0.2, 0.25) is 10.0 Å². The quantitative estimate of drug-likeness (QED) is 0.842. The van der Waals surface area contributed by atoms with Crippen molar-refractivity contribution in [2.24, 2.45) is 11.7 Å². The van der Waals surface area contributed by atoms with Crippen LogP contribution in [0.5, 0.6) is 0 Å². The Kier molecular flexibility index (Phi) is 3.64. The summed E-state index contributed by atoms with van der Waals surface area (Å²) in [5.74, 6) is -0.359. The Morgan fingerprint density at radius 1 is 1.41 bits per heavy atom. The van der Waals surface area contributed by atoms with E-state index >= 15 is 0 Å². The van der Waals surface area contributed by atoms with Gasteiger partial charge < -0.3 is 10.5 Å². The van der Waals surface area contributed by atoms with Crippen LogP contribution in [0.1, 0.15) is 18.9 Å². The van der Waals surface area contributed by atoms with Crippen molar-refractivity contribution >= 4 is 23.2 Å². The molecule has 5 heteroatoms. The van der Waals surface area contributed by atoms with E-state index in [0.717, 1.165) is 6.42 Å². The molecular formula is C12H14Cl2FNO. The SMILES string of the molecule is CC(N)(c1cc(F)c(Cl)cc1Cl)C1CCOC1. The molecule has 2 atom stereocenters. The van der Waals surface area contributed by atoms with Crippen LogP contribution in [0.15, 0.2) is 12.1 Å². The molecule has 2 rings (SSSR count). The minimum Gasteiger partial charge on any atom is -0.381 e. The zero-order valence-electron chi connectivity index (χ0n) is 9.47. The van der Waals surface area contributed by atoms with E-state index in [1.807, 2.05) is 6.92 Å². The number of nitrogens with two attached hydrogens (primary N) is 1. The maximum absolute atomic E-state index is 13.5. The molecule has 0 radical (unpaired) electrons. The summed E-state index contributed by atoms with van der Waals surface area (Å²) in [6, 6.07) is 2.72. The standard InChI is InChI=1S/C12H14Cl2FNO/c1-12(16,7-2-3-17-6-7)8-4-11(15)10(14)5-9(8)13/h4-5,7H,2-3,6,16H2,1H3. The van der Waals surface area contributed by atoms with Gasteiger partial charge >= 0.3 is 0 Å². The van der Waals surface area contributed by atoms with E-state index in [4.69, 9.17) is 33.7 Å². The van der Waals surface area contributed by atoms with Gasteiger partial charge in [-0.15, -0.1) is 0 Å². The predicted molar refractivity (Wildman–Crippen MR) is 66.9 cm³/mol. The molecule has 0 bridgehead atoms. The summed E-state index contributed by atoms with van der Waals surface area (Å²) in [5.41, 5.74) is 6.16. The summed E-state index contributed by atoms with van der Waals surface area (Å²) in [4.78, 5) is 0. The zero-order chi connectivity index (χ0) is 12.6. The van der Waals surface area contributed by atoms with Crippen molar-refractivity contribution in [1.29, 1.82) is 0 Å². The number of halogens is 3. The number of rotatable bonds is 2. The number of benzene rings is 1. The highest BCUT2D eigenvalue weighted by Crippen LogP contribution is 2.37. The lowest BCUT2D eigenvalue weighted by molar-refractivity contribution is 0.166. The van der Waals surface area contributed by atoms with Crippen molar-refractivity contribution in [1.82, 2.24) is 0 Å². The van der Waals surface area contributed by atoms with Gasteiger partial charge in [0.1, 0.15) is 5.82 Å². The van der Waals surface area contributed by atoms with E-state index in [-0.39, 0.29) is 10.9 Å². The second kappa shape index (κ2) is 4.73. The van der Waals surface area contributed by atoms with E-state index in [1.54, 1.807) is 0 Å². The molecule has 17 heavy (non-hydrogen) atoms. The van der Waals surface area contributed by atoms with Crippen molar-refractivity contribution in [3.05, 3.63) is 33.6 Å². The highest BCUT2D eigenvalue weighted by atomic mass is 35.5. The van der Waals surface area contributed by atoms with Crippen molar-refractivity contribution in [2.75, 3.05) is 13.2 Å². The molecule has 0 amide bonds. The van der Waals surface area contributed by atoms with Gasteiger partial charge in [-0.05, 0) is 31.0 Å². The van der Waals surface area contributed by atoms with Gasteiger partial charge in [-0.25, -0.2) is 4.39 Å². The maximum atomic E-state index is 13.5. The third kappa shape index (κ3) is 2.43. The van der Waals surface area contributed by atoms with Crippen LogP contribution in [0.25, 0.3) is 0 Å². The topological polar surface area (TPSA) is 35.2 Å². The molecule has 1 aromatic carbocycles. The number of hydrogen-bond acceptors (Lipinski definition) is 2.